The maximum Gasteiger partial charge on any atom is 0.152 e. The Balaban J connectivity index is 3.72. The first-order valence-corrected chi connectivity index (χ1v) is 5.21. The summed E-state index contributed by atoms with van der Waals surface area (Å²) in [6.45, 7) is 4.94. The van der Waals surface area contributed by atoms with Gasteiger partial charge in [-0.15, -0.1) is 0 Å². The summed E-state index contributed by atoms with van der Waals surface area (Å²) in [6, 6.07) is 0. The molecular formula is C10H20N2O2. The first-order chi connectivity index (χ1) is 6.85. The minimum atomic E-state index is 0.687. The molecule has 0 bridgehead atoms. The van der Waals surface area contributed by atoms with E-state index in [2.05, 4.69) is 22.0 Å². The minimum Gasteiger partial charge on any atom is -0.346 e. The smallest absolute Gasteiger partial charge is 0.152 e. The van der Waals surface area contributed by atoms with Crippen molar-refractivity contribution >= 4 is 0 Å². The molecule has 0 aliphatic carbocycles. The van der Waals surface area contributed by atoms with Crippen molar-refractivity contribution in [2.75, 3.05) is 6.54 Å². The van der Waals surface area contributed by atoms with E-state index in [0.717, 1.165) is 25.8 Å². The van der Waals surface area contributed by atoms with Crippen molar-refractivity contribution < 1.29 is 10.1 Å². The average Bonchev–Trinajstić information content (AvgIpc) is 2.18. The molecule has 0 aromatic heterocycles. The lowest BCUT2D eigenvalue weighted by Gasteiger charge is -1.96. The fourth-order valence-corrected chi connectivity index (χ4v) is 1.02. The van der Waals surface area contributed by atoms with Crippen LogP contribution in [0.1, 0.15) is 46.0 Å². The van der Waals surface area contributed by atoms with E-state index in [1.165, 1.54) is 19.1 Å². The molecule has 4 heteroatoms. The summed E-state index contributed by atoms with van der Waals surface area (Å²) in [5.74, 6) is 0. The van der Waals surface area contributed by atoms with Crippen molar-refractivity contribution in [2.45, 2.75) is 46.0 Å². The summed E-state index contributed by atoms with van der Waals surface area (Å²) in [7, 11) is 0. The molecule has 0 saturated carbocycles. The Morgan fingerprint density at radius 1 is 1.29 bits per heavy atom. The third-order valence-electron chi connectivity index (χ3n) is 1.76. The fourth-order valence-electron chi connectivity index (χ4n) is 1.02. The molecule has 0 amide bonds. The van der Waals surface area contributed by atoms with Crippen molar-refractivity contribution in [3.63, 3.8) is 0 Å². The maximum absolute atomic E-state index is 8.23. The first-order valence-electron chi connectivity index (χ1n) is 5.21. The Hall–Kier alpha value is -0.900. The molecule has 0 radical (unpaired) electrons. The molecule has 0 aromatic rings. The van der Waals surface area contributed by atoms with Gasteiger partial charge in [-0.05, 0) is 12.8 Å². The lowest BCUT2D eigenvalue weighted by Crippen LogP contribution is -1.83. The quantitative estimate of drug-likeness (QED) is 0.213. The van der Waals surface area contributed by atoms with Gasteiger partial charge in [0.25, 0.3) is 0 Å². The Morgan fingerprint density at radius 2 is 2.07 bits per heavy atom. The fraction of sp³-hybridized carbons (Fsp3) is 0.800. The van der Waals surface area contributed by atoms with E-state index in [4.69, 9.17) is 5.26 Å². The average molecular weight is 200 g/mol. The summed E-state index contributed by atoms with van der Waals surface area (Å²) in [6.07, 6.45) is 6.41. The monoisotopic (exact) mass is 200 g/mol. The Morgan fingerprint density at radius 3 is 2.64 bits per heavy atom. The second-order valence-electron chi connectivity index (χ2n) is 3.14. The van der Waals surface area contributed by atoms with Crippen LogP contribution in [0.5, 0.6) is 0 Å². The molecule has 0 aliphatic rings. The summed E-state index contributed by atoms with van der Waals surface area (Å²) in [5, 5.41) is 16.2. The van der Waals surface area contributed by atoms with Gasteiger partial charge in [-0.2, -0.15) is 10.2 Å². The zero-order chi connectivity index (χ0) is 10.6. The molecule has 1 N–H and O–H groups in total. The molecule has 0 aliphatic heterocycles. The second-order valence-corrected chi connectivity index (χ2v) is 3.14. The standard InChI is InChI=1S/C10H20N2O2/c1-3-5-6-8-11-12-10(7-4-2)9-14-13/h9,13H,3-8H2,1-2H3. The molecule has 0 fully saturated rings. The van der Waals surface area contributed by atoms with Gasteiger partial charge in [0.1, 0.15) is 5.70 Å². The zero-order valence-electron chi connectivity index (χ0n) is 9.07. The number of allylic oxidation sites excluding steroid dienone is 1. The largest absolute Gasteiger partial charge is 0.346 e. The number of hydrogen-bond donors (Lipinski definition) is 1. The molecule has 14 heavy (non-hydrogen) atoms. The highest BCUT2D eigenvalue weighted by Gasteiger charge is 1.93. The van der Waals surface area contributed by atoms with Crippen molar-refractivity contribution in [3.05, 3.63) is 12.0 Å². The van der Waals surface area contributed by atoms with Gasteiger partial charge in [0, 0.05) is 0 Å². The summed E-state index contributed by atoms with van der Waals surface area (Å²) in [5.41, 5.74) is 0.687. The molecule has 0 aromatic carbocycles. The van der Waals surface area contributed by atoms with Crippen LogP contribution in [0.4, 0.5) is 0 Å². The number of unbranched alkanes of at least 4 members (excludes halogenated alkanes) is 2. The van der Waals surface area contributed by atoms with Crippen LogP contribution in [0.3, 0.4) is 0 Å². The molecule has 0 spiro atoms. The molecule has 82 valence electrons. The number of rotatable bonds is 8. The number of hydrogen-bond acceptors (Lipinski definition) is 4. The van der Waals surface area contributed by atoms with Gasteiger partial charge in [0.15, 0.2) is 6.26 Å². The van der Waals surface area contributed by atoms with E-state index in [0.29, 0.717) is 5.70 Å². The van der Waals surface area contributed by atoms with Crippen LogP contribution in [0.25, 0.3) is 0 Å². The van der Waals surface area contributed by atoms with E-state index < -0.39 is 0 Å². The molecule has 4 nitrogen and oxygen atoms in total. The topological polar surface area (TPSA) is 54.2 Å². The summed E-state index contributed by atoms with van der Waals surface area (Å²) in [4.78, 5) is 3.92. The minimum absolute atomic E-state index is 0.687. The Bertz CT molecular complexity index is 179. The van der Waals surface area contributed by atoms with Crippen LogP contribution in [-0.4, -0.2) is 11.8 Å². The normalized spacial score (nSPS) is 12.4. The van der Waals surface area contributed by atoms with Gasteiger partial charge >= 0.3 is 0 Å². The Kier molecular flexibility index (Phi) is 9.53. The van der Waals surface area contributed by atoms with Gasteiger partial charge in [-0.3, -0.25) is 0 Å². The van der Waals surface area contributed by atoms with Crippen molar-refractivity contribution in [1.29, 1.82) is 0 Å². The summed E-state index contributed by atoms with van der Waals surface area (Å²) < 4.78 is 0. The molecular weight excluding hydrogens is 180 g/mol. The van der Waals surface area contributed by atoms with Crippen LogP contribution in [-0.2, 0) is 4.89 Å². The van der Waals surface area contributed by atoms with Crippen LogP contribution >= 0.6 is 0 Å². The van der Waals surface area contributed by atoms with E-state index in [1.54, 1.807) is 0 Å². The highest BCUT2D eigenvalue weighted by Crippen LogP contribution is 2.07. The third kappa shape index (κ3) is 7.73. The van der Waals surface area contributed by atoms with Crippen molar-refractivity contribution in [3.8, 4) is 0 Å². The maximum atomic E-state index is 8.23. The lowest BCUT2D eigenvalue weighted by atomic mass is 10.2. The zero-order valence-corrected chi connectivity index (χ0v) is 9.07. The predicted octanol–water partition coefficient (Wildman–Crippen LogP) is 3.76. The highest BCUT2D eigenvalue weighted by atomic mass is 17.1. The van der Waals surface area contributed by atoms with Crippen molar-refractivity contribution in [2.24, 2.45) is 10.2 Å². The molecule has 0 unspecified atom stereocenters. The molecule has 0 saturated heterocycles. The third-order valence-corrected chi connectivity index (χ3v) is 1.76. The molecule has 0 atom stereocenters. The predicted molar refractivity (Wildman–Crippen MR) is 56.0 cm³/mol. The second kappa shape index (κ2) is 10.2. The van der Waals surface area contributed by atoms with E-state index in [-0.39, 0.29) is 0 Å². The van der Waals surface area contributed by atoms with E-state index >= 15 is 0 Å². The van der Waals surface area contributed by atoms with E-state index in [1.807, 2.05) is 6.92 Å². The number of nitrogens with zero attached hydrogens (tertiary/aromatic N) is 2. The van der Waals surface area contributed by atoms with Gasteiger partial charge in [0.05, 0.1) is 6.54 Å². The lowest BCUT2D eigenvalue weighted by molar-refractivity contribution is -0.187. The van der Waals surface area contributed by atoms with Crippen LogP contribution in [0.2, 0.25) is 0 Å². The number of azo groups is 1. The molecule has 0 rings (SSSR count). The van der Waals surface area contributed by atoms with Gasteiger partial charge in [0.2, 0.25) is 0 Å². The van der Waals surface area contributed by atoms with Crippen molar-refractivity contribution in [1.82, 2.24) is 0 Å². The summed E-state index contributed by atoms with van der Waals surface area (Å²) >= 11 is 0. The first kappa shape index (κ1) is 13.1. The van der Waals surface area contributed by atoms with Gasteiger partial charge < -0.3 is 4.89 Å². The van der Waals surface area contributed by atoms with Crippen LogP contribution < -0.4 is 0 Å². The SMILES string of the molecule is CCCCCN=NC(=COO)CCC. The van der Waals surface area contributed by atoms with Gasteiger partial charge in [-0.1, -0.05) is 33.1 Å². The van der Waals surface area contributed by atoms with Gasteiger partial charge in [-0.25, -0.2) is 5.26 Å². The Labute approximate surface area is 85.6 Å². The van der Waals surface area contributed by atoms with Crippen LogP contribution in [0.15, 0.2) is 22.2 Å². The van der Waals surface area contributed by atoms with E-state index in [9.17, 15) is 0 Å². The highest BCUT2D eigenvalue weighted by molar-refractivity contribution is 4.93. The molecule has 0 heterocycles. The van der Waals surface area contributed by atoms with Crippen LogP contribution in [0, 0.1) is 0 Å².